The van der Waals surface area contributed by atoms with E-state index < -0.39 is 21.7 Å². The average molecular weight is 367 g/mol. The molecule has 0 fully saturated rings. The molecular formula is C16H17NO7S. The number of carbonyl (C=O) groups excluding carboxylic acids is 1. The number of rotatable bonds is 6. The Morgan fingerprint density at radius 3 is 2.32 bits per heavy atom. The minimum Gasteiger partial charge on any atom is -0.506 e. The van der Waals surface area contributed by atoms with Crippen LogP contribution in [0.1, 0.15) is 10.4 Å². The Labute approximate surface area is 145 Å². The second-order valence-corrected chi connectivity index (χ2v) is 6.50. The van der Waals surface area contributed by atoms with Gasteiger partial charge in [0.15, 0.2) is 0 Å². The molecule has 0 bridgehead atoms. The molecule has 25 heavy (non-hydrogen) atoms. The van der Waals surface area contributed by atoms with Crippen LogP contribution in [-0.2, 0) is 14.8 Å². The first-order chi connectivity index (χ1) is 11.8. The van der Waals surface area contributed by atoms with Crippen LogP contribution in [0.15, 0.2) is 41.3 Å². The molecule has 134 valence electrons. The summed E-state index contributed by atoms with van der Waals surface area (Å²) in [5, 5.41) is 9.98. The van der Waals surface area contributed by atoms with Gasteiger partial charge in [-0.3, -0.25) is 4.72 Å². The molecule has 2 aromatic rings. The largest absolute Gasteiger partial charge is 0.506 e. The maximum atomic E-state index is 12.6. The smallest absolute Gasteiger partial charge is 0.337 e. The molecule has 0 aliphatic carbocycles. The van der Waals surface area contributed by atoms with Gasteiger partial charge in [0.1, 0.15) is 22.1 Å². The van der Waals surface area contributed by atoms with Gasteiger partial charge in [-0.15, -0.1) is 0 Å². The number of esters is 1. The summed E-state index contributed by atoms with van der Waals surface area (Å²) in [6.45, 7) is 0. The van der Waals surface area contributed by atoms with Crippen molar-refractivity contribution in [1.82, 2.24) is 0 Å². The zero-order chi connectivity index (χ0) is 18.6. The van der Waals surface area contributed by atoms with Crippen LogP contribution in [0.4, 0.5) is 5.69 Å². The molecule has 2 aromatic carbocycles. The van der Waals surface area contributed by atoms with E-state index in [1.54, 1.807) is 6.07 Å². The standard InChI is InChI=1S/C16H17NO7S/c1-22-11-5-7-14(23-2)15(9-11)25(20,21)17-12-6-4-10(8-13(12)18)16(19)24-3/h4-9,17-18H,1-3H3. The summed E-state index contributed by atoms with van der Waals surface area (Å²) >= 11 is 0. The molecule has 9 heteroatoms. The van der Waals surface area contributed by atoms with Gasteiger partial charge >= 0.3 is 5.97 Å². The van der Waals surface area contributed by atoms with E-state index in [2.05, 4.69) is 9.46 Å². The van der Waals surface area contributed by atoms with Crippen LogP contribution in [-0.4, -0.2) is 40.8 Å². The second-order valence-electron chi connectivity index (χ2n) is 4.85. The average Bonchev–Trinajstić information content (AvgIpc) is 2.61. The summed E-state index contributed by atoms with van der Waals surface area (Å²) in [6, 6.07) is 7.99. The number of ether oxygens (including phenoxy) is 3. The predicted octanol–water partition coefficient (Wildman–Crippen LogP) is 2.00. The van der Waals surface area contributed by atoms with Crippen LogP contribution < -0.4 is 14.2 Å². The molecule has 8 nitrogen and oxygen atoms in total. The van der Waals surface area contributed by atoms with E-state index in [4.69, 9.17) is 9.47 Å². The quantitative estimate of drug-likeness (QED) is 0.593. The molecular weight excluding hydrogens is 350 g/mol. The van der Waals surface area contributed by atoms with Gasteiger partial charge in [0.25, 0.3) is 10.0 Å². The minimum absolute atomic E-state index is 0.0851. The first kappa shape index (κ1) is 18.4. The Balaban J connectivity index is 2.41. The minimum atomic E-state index is -4.08. The molecule has 0 spiro atoms. The van der Waals surface area contributed by atoms with Gasteiger partial charge < -0.3 is 19.3 Å². The lowest BCUT2D eigenvalue weighted by Gasteiger charge is -2.14. The maximum Gasteiger partial charge on any atom is 0.337 e. The fraction of sp³-hybridized carbons (Fsp3) is 0.188. The van der Waals surface area contributed by atoms with E-state index in [0.29, 0.717) is 5.75 Å². The highest BCUT2D eigenvalue weighted by Gasteiger charge is 2.22. The van der Waals surface area contributed by atoms with Gasteiger partial charge in [-0.05, 0) is 30.3 Å². The fourth-order valence-electron chi connectivity index (χ4n) is 2.06. The molecule has 0 amide bonds. The van der Waals surface area contributed by atoms with Crippen molar-refractivity contribution in [3.05, 3.63) is 42.0 Å². The molecule has 0 saturated heterocycles. The number of carbonyl (C=O) groups is 1. The third kappa shape index (κ3) is 3.94. The second kappa shape index (κ2) is 7.31. The molecule has 2 rings (SSSR count). The number of hydrogen-bond acceptors (Lipinski definition) is 7. The van der Waals surface area contributed by atoms with Crippen molar-refractivity contribution in [2.75, 3.05) is 26.1 Å². The zero-order valence-corrected chi connectivity index (χ0v) is 14.6. The monoisotopic (exact) mass is 367 g/mol. The van der Waals surface area contributed by atoms with Crippen LogP contribution >= 0.6 is 0 Å². The lowest BCUT2D eigenvalue weighted by Crippen LogP contribution is -2.14. The fourth-order valence-corrected chi connectivity index (χ4v) is 3.32. The number of sulfonamides is 1. The Morgan fingerprint density at radius 1 is 1.04 bits per heavy atom. The Morgan fingerprint density at radius 2 is 1.76 bits per heavy atom. The van der Waals surface area contributed by atoms with Crippen molar-refractivity contribution in [3.8, 4) is 17.2 Å². The normalized spacial score (nSPS) is 10.8. The summed E-state index contributed by atoms with van der Waals surface area (Å²) in [7, 11) is -0.139. The topological polar surface area (TPSA) is 111 Å². The van der Waals surface area contributed by atoms with E-state index in [9.17, 15) is 18.3 Å². The van der Waals surface area contributed by atoms with Gasteiger partial charge in [-0.1, -0.05) is 0 Å². The van der Waals surface area contributed by atoms with Crippen LogP contribution in [0.5, 0.6) is 17.2 Å². The maximum absolute atomic E-state index is 12.6. The van der Waals surface area contributed by atoms with Crippen LogP contribution in [0.3, 0.4) is 0 Å². The number of hydrogen-bond donors (Lipinski definition) is 2. The highest BCUT2D eigenvalue weighted by molar-refractivity contribution is 7.92. The SMILES string of the molecule is COC(=O)c1ccc(NS(=O)(=O)c2cc(OC)ccc2OC)c(O)c1. The van der Waals surface area contributed by atoms with Crippen LogP contribution in [0.2, 0.25) is 0 Å². The summed E-state index contributed by atoms with van der Waals surface area (Å²) in [5.41, 5.74) is -0.0144. The van der Waals surface area contributed by atoms with Gasteiger partial charge in [0, 0.05) is 6.07 Å². The first-order valence-corrected chi connectivity index (χ1v) is 8.47. The van der Waals surface area contributed by atoms with Crippen molar-refractivity contribution >= 4 is 21.7 Å². The van der Waals surface area contributed by atoms with Crippen LogP contribution in [0.25, 0.3) is 0 Å². The molecule has 0 aliphatic rings. The Hall–Kier alpha value is -2.94. The van der Waals surface area contributed by atoms with Gasteiger partial charge in [-0.2, -0.15) is 0 Å². The predicted molar refractivity (Wildman–Crippen MR) is 89.8 cm³/mol. The molecule has 0 heterocycles. The summed E-state index contributed by atoms with van der Waals surface area (Å²) < 4.78 is 42.1. The van der Waals surface area contributed by atoms with Gasteiger partial charge in [-0.25, -0.2) is 13.2 Å². The van der Waals surface area contributed by atoms with Crippen molar-refractivity contribution < 1.29 is 32.5 Å². The van der Waals surface area contributed by atoms with Crippen molar-refractivity contribution in [3.63, 3.8) is 0 Å². The lowest BCUT2D eigenvalue weighted by atomic mass is 10.2. The zero-order valence-electron chi connectivity index (χ0n) is 13.8. The first-order valence-electron chi connectivity index (χ1n) is 6.98. The van der Waals surface area contributed by atoms with Gasteiger partial charge in [0.05, 0.1) is 32.6 Å². The highest BCUT2D eigenvalue weighted by Crippen LogP contribution is 2.32. The molecule has 0 radical (unpaired) electrons. The molecule has 2 N–H and O–H groups in total. The number of aromatic hydroxyl groups is 1. The molecule has 0 unspecified atom stereocenters. The lowest BCUT2D eigenvalue weighted by molar-refractivity contribution is 0.0600. The number of benzene rings is 2. The van der Waals surface area contributed by atoms with E-state index in [1.165, 1.54) is 45.6 Å². The Kier molecular flexibility index (Phi) is 5.38. The van der Waals surface area contributed by atoms with Crippen molar-refractivity contribution in [1.29, 1.82) is 0 Å². The number of methoxy groups -OCH3 is 3. The Bertz CT molecular complexity index is 893. The van der Waals surface area contributed by atoms with E-state index in [-0.39, 0.29) is 21.9 Å². The summed E-state index contributed by atoms with van der Waals surface area (Å²) in [5.74, 6) is -0.641. The van der Waals surface area contributed by atoms with E-state index in [0.717, 1.165) is 6.07 Å². The van der Waals surface area contributed by atoms with E-state index >= 15 is 0 Å². The van der Waals surface area contributed by atoms with Crippen molar-refractivity contribution in [2.45, 2.75) is 4.90 Å². The molecule has 0 aromatic heterocycles. The van der Waals surface area contributed by atoms with Gasteiger partial charge in [0.2, 0.25) is 0 Å². The molecule has 0 saturated carbocycles. The van der Waals surface area contributed by atoms with Crippen molar-refractivity contribution in [2.24, 2.45) is 0 Å². The molecule has 0 aliphatic heterocycles. The number of phenols is 1. The third-order valence-corrected chi connectivity index (χ3v) is 4.71. The molecule has 0 atom stereocenters. The third-order valence-electron chi connectivity index (χ3n) is 3.32. The summed E-state index contributed by atoms with van der Waals surface area (Å²) in [6.07, 6.45) is 0. The number of phenolic OH excluding ortho intramolecular Hbond substituents is 1. The highest BCUT2D eigenvalue weighted by atomic mass is 32.2. The van der Waals surface area contributed by atoms with E-state index in [1.807, 2.05) is 0 Å². The number of nitrogens with one attached hydrogen (secondary N) is 1. The summed E-state index contributed by atoms with van der Waals surface area (Å²) in [4.78, 5) is 11.3. The van der Waals surface area contributed by atoms with Crippen LogP contribution in [0, 0.1) is 0 Å². The number of anilines is 1.